The van der Waals surface area contributed by atoms with Crippen LogP contribution < -0.4 is 15.0 Å². The third-order valence-corrected chi connectivity index (χ3v) is 8.67. The molecule has 6 rings (SSSR count). The first-order valence-corrected chi connectivity index (χ1v) is 15.8. The van der Waals surface area contributed by atoms with E-state index in [-0.39, 0.29) is 36.6 Å². The van der Waals surface area contributed by atoms with Gasteiger partial charge in [-0.05, 0) is 62.4 Å². The Bertz CT molecular complexity index is 1560. The van der Waals surface area contributed by atoms with Crippen LogP contribution in [0.1, 0.15) is 32.3 Å². The quantitative estimate of drug-likeness (QED) is 0.361. The summed E-state index contributed by atoms with van der Waals surface area (Å²) in [5, 5.41) is 23.1. The Morgan fingerprint density at radius 2 is 1.89 bits per heavy atom. The maximum atomic E-state index is 15.1. The molecule has 11 nitrogen and oxygen atoms in total. The topological polar surface area (TPSA) is 127 Å². The molecule has 3 aliphatic rings. The molecule has 0 saturated carbocycles. The van der Waals surface area contributed by atoms with E-state index in [1.165, 1.54) is 10.6 Å². The van der Waals surface area contributed by atoms with Gasteiger partial charge in [0.2, 0.25) is 5.91 Å². The number of ether oxygens (including phenoxy) is 2. The molecular formula is C34H40FN7O4. The number of benzene rings is 2. The van der Waals surface area contributed by atoms with Crippen LogP contribution in [0.5, 0.6) is 5.75 Å². The lowest BCUT2D eigenvalue weighted by molar-refractivity contribution is -0.139. The van der Waals surface area contributed by atoms with Gasteiger partial charge in [0, 0.05) is 62.3 Å². The number of hydrogen-bond donors (Lipinski definition) is 2. The number of anilines is 3. The van der Waals surface area contributed by atoms with E-state index < -0.39 is 17.9 Å². The fraction of sp³-hybridized carbons (Fsp3) is 0.471. The van der Waals surface area contributed by atoms with Crippen molar-refractivity contribution >= 4 is 23.1 Å². The van der Waals surface area contributed by atoms with Gasteiger partial charge in [-0.25, -0.2) is 14.4 Å². The highest BCUT2D eigenvalue weighted by atomic mass is 19.1. The number of amides is 1. The summed E-state index contributed by atoms with van der Waals surface area (Å²) in [5.74, 6) is 1.01. The van der Waals surface area contributed by atoms with Crippen molar-refractivity contribution in [3.8, 4) is 23.2 Å². The minimum Gasteiger partial charge on any atom is -0.486 e. The molecular weight excluding hydrogens is 589 g/mol. The van der Waals surface area contributed by atoms with Crippen molar-refractivity contribution in [1.29, 1.82) is 5.26 Å². The second kappa shape index (κ2) is 13.6. The van der Waals surface area contributed by atoms with Gasteiger partial charge in [0.25, 0.3) is 0 Å². The highest BCUT2D eigenvalue weighted by Crippen LogP contribution is 2.29. The molecule has 2 atom stereocenters. The molecule has 0 aliphatic carbocycles. The maximum absolute atomic E-state index is 15.1. The number of nitrogens with one attached hydrogen (secondary N) is 1. The molecule has 3 aliphatic heterocycles. The number of hydrogen-bond acceptors (Lipinski definition) is 10. The van der Waals surface area contributed by atoms with Crippen LogP contribution in [0.25, 0.3) is 11.4 Å². The zero-order valence-electron chi connectivity index (χ0n) is 26.2. The monoisotopic (exact) mass is 629 g/mol. The number of piperazine rings is 1. The molecule has 0 bridgehead atoms. The van der Waals surface area contributed by atoms with E-state index in [4.69, 9.17) is 9.47 Å². The lowest BCUT2D eigenvalue weighted by Gasteiger charge is -2.43. The fourth-order valence-electron chi connectivity index (χ4n) is 6.00. The lowest BCUT2D eigenvalue weighted by Crippen LogP contribution is -2.56. The van der Waals surface area contributed by atoms with Crippen molar-refractivity contribution in [3.63, 3.8) is 0 Å². The van der Waals surface area contributed by atoms with Crippen LogP contribution in [0.4, 0.5) is 21.6 Å². The number of halogens is 1. The van der Waals surface area contributed by atoms with Crippen molar-refractivity contribution in [2.75, 3.05) is 62.7 Å². The van der Waals surface area contributed by atoms with Crippen molar-refractivity contribution < 1.29 is 23.8 Å². The summed E-state index contributed by atoms with van der Waals surface area (Å²) in [4.78, 5) is 27.8. The van der Waals surface area contributed by atoms with E-state index in [1.807, 2.05) is 12.1 Å². The molecule has 12 heteroatoms. The van der Waals surface area contributed by atoms with E-state index >= 15 is 4.39 Å². The zero-order chi connectivity index (χ0) is 32.3. The third-order valence-electron chi connectivity index (χ3n) is 8.67. The second-order valence-electron chi connectivity index (χ2n) is 12.8. The predicted octanol–water partition coefficient (Wildman–Crippen LogP) is 3.76. The first-order chi connectivity index (χ1) is 22.1. The minimum absolute atomic E-state index is 0.0779. The number of alkyl halides is 1. The van der Waals surface area contributed by atoms with E-state index in [9.17, 15) is 15.2 Å². The summed E-state index contributed by atoms with van der Waals surface area (Å²) >= 11 is 0. The number of carbonyl (C=O) groups is 1. The Morgan fingerprint density at radius 1 is 1.13 bits per heavy atom. The number of nitrogens with zero attached hydrogens (tertiary/aromatic N) is 6. The van der Waals surface area contributed by atoms with Crippen molar-refractivity contribution in [2.24, 2.45) is 0 Å². The number of likely N-dealkylation sites (tertiary alicyclic amines) is 1. The van der Waals surface area contributed by atoms with E-state index in [2.05, 4.69) is 43.3 Å². The van der Waals surface area contributed by atoms with Crippen LogP contribution in [0.3, 0.4) is 0 Å². The average molecular weight is 630 g/mol. The minimum atomic E-state index is -1.43. The molecule has 2 aromatic carbocycles. The number of carbonyl (C=O) groups excluding carboxylic acids is 1. The van der Waals surface area contributed by atoms with Gasteiger partial charge in [-0.1, -0.05) is 0 Å². The Hall–Kier alpha value is -4.31. The van der Waals surface area contributed by atoms with Crippen LogP contribution in [0.2, 0.25) is 0 Å². The number of aliphatic hydroxyl groups is 1. The van der Waals surface area contributed by atoms with Gasteiger partial charge < -0.3 is 29.7 Å². The van der Waals surface area contributed by atoms with Crippen LogP contribution in [0, 0.1) is 11.3 Å². The largest absolute Gasteiger partial charge is 0.486 e. The smallest absolute Gasteiger partial charge is 0.225 e. The molecule has 0 spiro atoms. The maximum Gasteiger partial charge on any atom is 0.225 e. The molecule has 46 heavy (non-hydrogen) atoms. The first kappa shape index (κ1) is 31.7. The van der Waals surface area contributed by atoms with Crippen LogP contribution >= 0.6 is 0 Å². The molecule has 0 radical (unpaired) electrons. The number of rotatable bonds is 9. The first-order valence-electron chi connectivity index (χ1n) is 15.8. The molecule has 3 saturated heterocycles. The molecule has 3 fully saturated rings. The van der Waals surface area contributed by atoms with Gasteiger partial charge >= 0.3 is 0 Å². The summed E-state index contributed by atoms with van der Waals surface area (Å²) in [6, 6.07) is 17.8. The van der Waals surface area contributed by atoms with Crippen molar-refractivity contribution in [2.45, 2.75) is 50.6 Å². The average Bonchev–Trinajstić information content (AvgIpc) is 3.01. The molecule has 3 aromatic rings. The molecule has 4 heterocycles. The van der Waals surface area contributed by atoms with E-state index in [1.54, 1.807) is 44.3 Å². The molecule has 1 amide bonds. The highest BCUT2D eigenvalue weighted by Gasteiger charge is 2.35. The summed E-state index contributed by atoms with van der Waals surface area (Å²) in [6.45, 7) is 9.05. The Balaban J connectivity index is 1.06. The van der Waals surface area contributed by atoms with Gasteiger partial charge in [0.05, 0.1) is 43.4 Å². The number of piperidine rings is 1. The Kier molecular flexibility index (Phi) is 9.35. The SMILES string of the molecule is CC(C)(O)CC(=O)N1CC[C@H](Oc2ccc(-c3nccc(Nc4ccc(N5CCN(C6COC6)CC5)cc4)n3)cc2C#N)[C@H](F)C1. The van der Waals surface area contributed by atoms with Gasteiger partial charge in [0.1, 0.15) is 23.7 Å². The fourth-order valence-corrected chi connectivity index (χ4v) is 6.00. The summed E-state index contributed by atoms with van der Waals surface area (Å²) in [5.41, 5.74) is 1.79. The summed E-state index contributed by atoms with van der Waals surface area (Å²) in [6.07, 6.45) is -0.375. The van der Waals surface area contributed by atoms with Gasteiger partial charge in [-0.3, -0.25) is 9.69 Å². The second-order valence-corrected chi connectivity index (χ2v) is 12.8. The van der Waals surface area contributed by atoms with Gasteiger partial charge in [-0.2, -0.15) is 5.26 Å². The molecule has 2 N–H and O–H groups in total. The third kappa shape index (κ3) is 7.55. The number of nitriles is 1. The summed E-state index contributed by atoms with van der Waals surface area (Å²) < 4.78 is 26.3. The lowest BCUT2D eigenvalue weighted by atomic mass is 10.0. The highest BCUT2D eigenvalue weighted by molar-refractivity contribution is 5.77. The summed E-state index contributed by atoms with van der Waals surface area (Å²) in [7, 11) is 0. The normalized spacial score (nSPS) is 20.9. The molecule has 242 valence electrons. The number of aromatic nitrogens is 2. The van der Waals surface area contributed by atoms with Crippen molar-refractivity contribution in [1.82, 2.24) is 19.8 Å². The van der Waals surface area contributed by atoms with Gasteiger partial charge in [0.15, 0.2) is 12.0 Å². The predicted molar refractivity (Wildman–Crippen MR) is 172 cm³/mol. The van der Waals surface area contributed by atoms with Crippen LogP contribution in [-0.4, -0.2) is 107 Å². The van der Waals surface area contributed by atoms with E-state index in [0.717, 1.165) is 45.1 Å². The van der Waals surface area contributed by atoms with Crippen molar-refractivity contribution in [3.05, 3.63) is 60.3 Å². The van der Waals surface area contributed by atoms with Gasteiger partial charge in [-0.15, -0.1) is 0 Å². The molecule has 0 unspecified atom stereocenters. The van der Waals surface area contributed by atoms with E-state index in [0.29, 0.717) is 29.8 Å². The Labute approximate surface area is 268 Å². The Morgan fingerprint density at radius 3 is 2.54 bits per heavy atom. The zero-order valence-corrected chi connectivity index (χ0v) is 26.2. The van der Waals surface area contributed by atoms with Crippen LogP contribution in [0.15, 0.2) is 54.7 Å². The standard InChI is InChI=1S/C34H40FN7O4/c1-34(2,44)18-32(43)42-12-10-30(28(35)20-42)46-29-8-3-23(17-24(29)19-36)33-37-11-9-31(39-33)38-25-4-6-26(7-5-25)40-13-15-41(16-14-40)27-21-45-22-27/h3-9,11,17,27-28,30,44H,10,12-16,18,20-22H2,1-2H3,(H,37,38,39)/t28-,30+/m1/s1. The van der Waals surface area contributed by atoms with Crippen LogP contribution in [-0.2, 0) is 9.53 Å². The molecule has 1 aromatic heterocycles.